The molecular formula is C13H19N. The second kappa shape index (κ2) is 4.61. The van der Waals surface area contributed by atoms with Gasteiger partial charge in [-0.05, 0) is 24.0 Å². The number of nitrogens with one attached hydrogen (secondary N) is 1. The van der Waals surface area contributed by atoms with Gasteiger partial charge in [-0.1, -0.05) is 37.6 Å². The SMILES string of the molecule is CCCCc1ccccc1C1CNC1. The van der Waals surface area contributed by atoms with Crippen molar-refractivity contribution in [3.8, 4) is 0 Å². The van der Waals surface area contributed by atoms with Gasteiger partial charge in [-0.2, -0.15) is 0 Å². The van der Waals surface area contributed by atoms with Gasteiger partial charge in [0.1, 0.15) is 0 Å². The summed E-state index contributed by atoms with van der Waals surface area (Å²) >= 11 is 0. The third-order valence-electron chi connectivity index (χ3n) is 3.08. The van der Waals surface area contributed by atoms with Crippen molar-refractivity contribution in [3.05, 3.63) is 35.4 Å². The van der Waals surface area contributed by atoms with E-state index in [2.05, 4.69) is 36.5 Å². The zero-order chi connectivity index (χ0) is 9.80. The van der Waals surface area contributed by atoms with Gasteiger partial charge in [0, 0.05) is 19.0 Å². The summed E-state index contributed by atoms with van der Waals surface area (Å²) < 4.78 is 0. The molecule has 0 radical (unpaired) electrons. The van der Waals surface area contributed by atoms with Gasteiger partial charge in [-0.25, -0.2) is 0 Å². The minimum absolute atomic E-state index is 0.781. The lowest BCUT2D eigenvalue weighted by Crippen LogP contribution is -2.40. The zero-order valence-electron chi connectivity index (χ0n) is 8.92. The molecule has 0 spiro atoms. The lowest BCUT2D eigenvalue weighted by Gasteiger charge is -2.29. The third kappa shape index (κ3) is 1.98. The molecule has 14 heavy (non-hydrogen) atoms. The molecule has 0 bridgehead atoms. The van der Waals surface area contributed by atoms with Gasteiger partial charge in [0.2, 0.25) is 0 Å². The first-order valence-corrected chi connectivity index (χ1v) is 5.70. The number of aryl methyl sites for hydroxylation is 1. The molecule has 1 aromatic carbocycles. The Hall–Kier alpha value is -0.820. The van der Waals surface area contributed by atoms with E-state index < -0.39 is 0 Å². The lowest BCUT2D eigenvalue weighted by atomic mass is 9.88. The molecule has 0 saturated carbocycles. The molecule has 1 aliphatic rings. The molecule has 1 heterocycles. The van der Waals surface area contributed by atoms with Gasteiger partial charge in [-0.15, -0.1) is 0 Å². The van der Waals surface area contributed by atoms with E-state index in [9.17, 15) is 0 Å². The van der Waals surface area contributed by atoms with E-state index in [4.69, 9.17) is 0 Å². The summed E-state index contributed by atoms with van der Waals surface area (Å²) in [5.74, 6) is 0.781. The molecule has 1 nitrogen and oxygen atoms in total. The zero-order valence-corrected chi connectivity index (χ0v) is 8.92. The average molecular weight is 189 g/mol. The maximum absolute atomic E-state index is 3.34. The van der Waals surface area contributed by atoms with E-state index in [1.807, 2.05) is 0 Å². The van der Waals surface area contributed by atoms with Crippen molar-refractivity contribution in [1.82, 2.24) is 5.32 Å². The molecule has 1 fully saturated rings. The minimum Gasteiger partial charge on any atom is -0.315 e. The van der Waals surface area contributed by atoms with Crippen LogP contribution >= 0.6 is 0 Å². The fourth-order valence-corrected chi connectivity index (χ4v) is 2.04. The number of hydrogen-bond donors (Lipinski definition) is 1. The van der Waals surface area contributed by atoms with Crippen LogP contribution in [0.3, 0.4) is 0 Å². The molecule has 1 N–H and O–H groups in total. The van der Waals surface area contributed by atoms with Crippen LogP contribution in [0.1, 0.15) is 36.8 Å². The van der Waals surface area contributed by atoms with Crippen molar-refractivity contribution in [2.24, 2.45) is 0 Å². The number of hydrogen-bond acceptors (Lipinski definition) is 1. The van der Waals surface area contributed by atoms with Crippen LogP contribution in [0.4, 0.5) is 0 Å². The van der Waals surface area contributed by atoms with Crippen molar-refractivity contribution in [2.75, 3.05) is 13.1 Å². The predicted molar refractivity (Wildman–Crippen MR) is 60.7 cm³/mol. The fraction of sp³-hybridized carbons (Fsp3) is 0.538. The summed E-state index contributed by atoms with van der Waals surface area (Å²) in [5.41, 5.74) is 3.15. The first-order valence-electron chi connectivity index (χ1n) is 5.70. The van der Waals surface area contributed by atoms with Gasteiger partial charge in [-0.3, -0.25) is 0 Å². The Kier molecular flexibility index (Phi) is 3.20. The molecule has 1 aromatic rings. The summed E-state index contributed by atoms with van der Waals surface area (Å²) in [6, 6.07) is 8.93. The van der Waals surface area contributed by atoms with Crippen molar-refractivity contribution in [3.63, 3.8) is 0 Å². The maximum atomic E-state index is 3.34. The number of benzene rings is 1. The van der Waals surface area contributed by atoms with Crippen molar-refractivity contribution in [2.45, 2.75) is 32.1 Å². The largest absolute Gasteiger partial charge is 0.315 e. The monoisotopic (exact) mass is 189 g/mol. The molecule has 0 amide bonds. The van der Waals surface area contributed by atoms with Crippen molar-refractivity contribution < 1.29 is 0 Å². The molecule has 1 aliphatic heterocycles. The predicted octanol–water partition coefficient (Wildman–Crippen LogP) is 2.72. The highest BCUT2D eigenvalue weighted by atomic mass is 14.9. The highest BCUT2D eigenvalue weighted by molar-refractivity contribution is 5.32. The number of unbranched alkanes of at least 4 members (excludes halogenated alkanes) is 1. The molecular weight excluding hydrogens is 170 g/mol. The molecule has 76 valence electrons. The molecule has 2 rings (SSSR count). The normalized spacial score (nSPS) is 16.6. The van der Waals surface area contributed by atoms with E-state index in [1.165, 1.54) is 32.4 Å². The van der Waals surface area contributed by atoms with Gasteiger partial charge < -0.3 is 5.32 Å². The third-order valence-corrected chi connectivity index (χ3v) is 3.08. The van der Waals surface area contributed by atoms with Gasteiger partial charge in [0.05, 0.1) is 0 Å². The van der Waals surface area contributed by atoms with Crippen LogP contribution in [-0.4, -0.2) is 13.1 Å². The van der Waals surface area contributed by atoms with E-state index in [1.54, 1.807) is 11.1 Å². The summed E-state index contributed by atoms with van der Waals surface area (Å²) in [4.78, 5) is 0. The molecule has 0 atom stereocenters. The summed E-state index contributed by atoms with van der Waals surface area (Å²) in [7, 11) is 0. The minimum atomic E-state index is 0.781. The summed E-state index contributed by atoms with van der Waals surface area (Å²) in [6.45, 7) is 4.60. The topological polar surface area (TPSA) is 12.0 Å². The Morgan fingerprint density at radius 2 is 2.07 bits per heavy atom. The molecule has 0 unspecified atom stereocenters. The Balaban J connectivity index is 2.11. The maximum Gasteiger partial charge on any atom is 0.00912 e. The lowest BCUT2D eigenvalue weighted by molar-refractivity contribution is 0.445. The first-order chi connectivity index (χ1) is 6.92. The van der Waals surface area contributed by atoms with Crippen LogP contribution in [0.5, 0.6) is 0 Å². The summed E-state index contributed by atoms with van der Waals surface area (Å²) in [6.07, 6.45) is 3.86. The van der Waals surface area contributed by atoms with Crippen LogP contribution in [-0.2, 0) is 6.42 Å². The molecule has 0 aliphatic carbocycles. The van der Waals surface area contributed by atoms with Crippen LogP contribution in [0.15, 0.2) is 24.3 Å². The van der Waals surface area contributed by atoms with E-state index >= 15 is 0 Å². The Morgan fingerprint density at radius 1 is 1.29 bits per heavy atom. The molecule has 1 saturated heterocycles. The van der Waals surface area contributed by atoms with Gasteiger partial charge in [0.15, 0.2) is 0 Å². The second-order valence-electron chi connectivity index (χ2n) is 4.16. The molecule has 0 aromatic heterocycles. The van der Waals surface area contributed by atoms with Crippen molar-refractivity contribution >= 4 is 0 Å². The first kappa shape index (κ1) is 9.72. The Morgan fingerprint density at radius 3 is 2.71 bits per heavy atom. The van der Waals surface area contributed by atoms with Crippen LogP contribution in [0.25, 0.3) is 0 Å². The smallest absolute Gasteiger partial charge is 0.00912 e. The standard InChI is InChI=1S/C13H19N/c1-2-3-6-11-7-4-5-8-13(11)12-9-14-10-12/h4-5,7-8,12,14H,2-3,6,9-10H2,1H3. The Labute approximate surface area is 86.5 Å². The van der Waals surface area contributed by atoms with E-state index in [0.29, 0.717) is 0 Å². The van der Waals surface area contributed by atoms with Crippen LogP contribution in [0.2, 0.25) is 0 Å². The van der Waals surface area contributed by atoms with Gasteiger partial charge >= 0.3 is 0 Å². The van der Waals surface area contributed by atoms with Crippen LogP contribution < -0.4 is 5.32 Å². The highest BCUT2D eigenvalue weighted by Crippen LogP contribution is 2.24. The van der Waals surface area contributed by atoms with Crippen molar-refractivity contribution in [1.29, 1.82) is 0 Å². The fourth-order valence-electron chi connectivity index (χ4n) is 2.04. The Bertz CT molecular complexity index is 289. The van der Waals surface area contributed by atoms with Gasteiger partial charge in [0.25, 0.3) is 0 Å². The highest BCUT2D eigenvalue weighted by Gasteiger charge is 2.20. The molecule has 1 heteroatoms. The van der Waals surface area contributed by atoms with E-state index in [0.717, 1.165) is 5.92 Å². The number of rotatable bonds is 4. The average Bonchev–Trinajstić information content (AvgIpc) is 2.14. The van der Waals surface area contributed by atoms with Crippen LogP contribution in [0, 0.1) is 0 Å². The second-order valence-corrected chi connectivity index (χ2v) is 4.16. The van der Waals surface area contributed by atoms with E-state index in [-0.39, 0.29) is 0 Å². The quantitative estimate of drug-likeness (QED) is 0.768. The summed E-state index contributed by atoms with van der Waals surface area (Å²) in [5, 5.41) is 3.34.